The van der Waals surface area contributed by atoms with Gasteiger partial charge in [-0.15, -0.1) is 12.4 Å². The molecule has 2 N–H and O–H groups in total. The van der Waals surface area contributed by atoms with Crippen LogP contribution < -0.4 is 10.5 Å². The lowest BCUT2D eigenvalue weighted by molar-refractivity contribution is -0.0262. The van der Waals surface area contributed by atoms with Gasteiger partial charge in [0.1, 0.15) is 5.75 Å². The molecule has 114 valence electrons. The summed E-state index contributed by atoms with van der Waals surface area (Å²) in [5, 5.41) is 0.738. The van der Waals surface area contributed by atoms with Crippen LogP contribution in [0, 0.1) is 0 Å². The highest BCUT2D eigenvalue weighted by Gasteiger charge is 2.20. The van der Waals surface area contributed by atoms with Gasteiger partial charge in [0.2, 0.25) is 0 Å². The zero-order chi connectivity index (χ0) is 13.7. The molecule has 6 heteroatoms. The van der Waals surface area contributed by atoms with Crippen LogP contribution in [0.15, 0.2) is 18.2 Å². The first-order valence-corrected chi connectivity index (χ1v) is 7.06. The fourth-order valence-electron chi connectivity index (χ4n) is 2.28. The number of rotatable bonds is 5. The molecule has 1 fully saturated rings. The maximum Gasteiger partial charge on any atom is 0.123 e. The first-order chi connectivity index (χ1) is 9.22. The normalized spacial score (nSPS) is 19.4. The Hall–Kier alpha value is -0.520. The maximum atomic E-state index is 6.07. The van der Waals surface area contributed by atoms with Gasteiger partial charge in [-0.1, -0.05) is 11.6 Å². The van der Waals surface area contributed by atoms with Gasteiger partial charge in [0, 0.05) is 36.8 Å². The summed E-state index contributed by atoms with van der Waals surface area (Å²) >= 11 is 6.07. The van der Waals surface area contributed by atoms with Gasteiger partial charge >= 0.3 is 0 Å². The summed E-state index contributed by atoms with van der Waals surface area (Å²) < 4.78 is 11.2. The van der Waals surface area contributed by atoms with Crippen molar-refractivity contribution in [1.29, 1.82) is 0 Å². The highest BCUT2D eigenvalue weighted by atomic mass is 35.5. The minimum absolute atomic E-state index is 0. The number of morpholine rings is 1. The summed E-state index contributed by atoms with van der Waals surface area (Å²) in [6.07, 6.45) is 0.128. The smallest absolute Gasteiger partial charge is 0.123 e. The largest absolute Gasteiger partial charge is 0.494 e. The Bertz CT molecular complexity index is 418. The molecule has 0 radical (unpaired) electrons. The minimum Gasteiger partial charge on any atom is -0.494 e. The predicted molar refractivity (Wildman–Crippen MR) is 83.9 cm³/mol. The van der Waals surface area contributed by atoms with Crippen molar-refractivity contribution in [3.8, 4) is 5.75 Å². The Morgan fingerprint density at radius 3 is 3.00 bits per heavy atom. The van der Waals surface area contributed by atoms with Crippen molar-refractivity contribution < 1.29 is 9.47 Å². The second-order valence-corrected chi connectivity index (χ2v) is 5.09. The number of nitrogens with two attached hydrogens (primary N) is 1. The van der Waals surface area contributed by atoms with E-state index in [0.29, 0.717) is 13.2 Å². The summed E-state index contributed by atoms with van der Waals surface area (Å²) in [7, 11) is 0. The third-order valence-corrected chi connectivity index (χ3v) is 3.44. The van der Waals surface area contributed by atoms with Gasteiger partial charge < -0.3 is 15.2 Å². The molecule has 1 atom stereocenters. The van der Waals surface area contributed by atoms with Gasteiger partial charge in [-0.25, -0.2) is 0 Å². The summed E-state index contributed by atoms with van der Waals surface area (Å²) in [5.41, 5.74) is 6.78. The van der Waals surface area contributed by atoms with Gasteiger partial charge in [0.25, 0.3) is 0 Å². The van der Waals surface area contributed by atoms with Crippen molar-refractivity contribution >= 4 is 24.0 Å². The molecule has 0 aromatic heterocycles. The van der Waals surface area contributed by atoms with E-state index >= 15 is 0 Å². The molecule has 1 aliphatic heterocycles. The molecule has 0 aliphatic carbocycles. The van der Waals surface area contributed by atoms with Crippen LogP contribution in [-0.4, -0.2) is 43.9 Å². The molecule has 1 saturated heterocycles. The SMILES string of the molecule is CCOc1ccc(Cl)cc1CN1CCOC(CN)C1.Cl. The number of hydrogen-bond acceptors (Lipinski definition) is 4. The second-order valence-electron chi connectivity index (χ2n) is 4.65. The number of ether oxygens (including phenoxy) is 2. The van der Waals surface area contributed by atoms with Crippen molar-refractivity contribution in [3.05, 3.63) is 28.8 Å². The first kappa shape index (κ1) is 17.5. The molecule has 1 unspecified atom stereocenters. The molecule has 2 rings (SSSR count). The molecule has 1 aliphatic rings. The molecular formula is C14H22Cl2N2O2. The topological polar surface area (TPSA) is 47.7 Å². The average Bonchev–Trinajstić information content (AvgIpc) is 2.42. The van der Waals surface area contributed by atoms with E-state index < -0.39 is 0 Å². The molecular weight excluding hydrogens is 299 g/mol. The molecule has 0 spiro atoms. The minimum atomic E-state index is 0. The van der Waals surface area contributed by atoms with Crippen molar-refractivity contribution in [2.45, 2.75) is 19.6 Å². The molecule has 4 nitrogen and oxygen atoms in total. The van der Waals surface area contributed by atoms with Crippen LogP contribution in [0.5, 0.6) is 5.75 Å². The number of halogens is 2. The summed E-state index contributed by atoms with van der Waals surface area (Å²) in [5.74, 6) is 0.905. The zero-order valence-corrected chi connectivity index (χ0v) is 13.3. The van der Waals surface area contributed by atoms with Gasteiger partial charge in [-0.3, -0.25) is 4.90 Å². The van der Waals surface area contributed by atoms with Gasteiger partial charge in [-0.05, 0) is 25.1 Å². The number of benzene rings is 1. The van der Waals surface area contributed by atoms with Crippen LogP contribution in [0.2, 0.25) is 5.02 Å². The first-order valence-electron chi connectivity index (χ1n) is 6.68. The van der Waals surface area contributed by atoms with Crippen molar-refractivity contribution in [3.63, 3.8) is 0 Å². The van der Waals surface area contributed by atoms with E-state index in [1.54, 1.807) is 0 Å². The van der Waals surface area contributed by atoms with Crippen molar-refractivity contribution in [2.24, 2.45) is 5.73 Å². The molecule has 1 aromatic carbocycles. The number of nitrogens with zero attached hydrogens (tertiary/aromatic N) is 1. The van der Waals surface area contributed by atoms with Gasteiger partial charge in [0.05, 0.1) is 19.3 Å². The van der Waals surface area contributed by atoms with Gasteiger partial charge in [0.15, 0.2) is 0 Å². The van der Waals surface area contributed by atoms with E-state index in [1.807, 2.05) is 25.1 Å². The Kier molecular flexibility index (Phi) is 7.62. The highest BCUT2D eigenvalue weighted by Crippen LogP contribution is 2.25. The van der Waals surface area contributed by atoms with E-state index in [4.69, 9.17) is 26.8 Å². The summed E-state index contributed by atoms with van der Waals surface area (Å²) in [6.45, 7) is 6.51. The summed E-state index contributed by atoms with van der Waals surface area (Å²) in [4.78, 5) is 2.33. The van der Waals surface area contributed by atoms with Crippen LogP contribution in [0.1, 0.15) is 12.5 Å². The quantitative estimate of drug-likeness (QED) is 0.904. The molecule has 0 amide bonds. The molecule has 1 aromatic rings. The summed E-state index contributed by atoms with van der Waals surface area (Å²) in [6, 6.07) is 5.76. The Balaban J connectivity index is 0.00000200. The van der Waals surface area contributed by atoms with E-state index in [2.05, 4.69) is 4.90 Å². The molecule has 1 heterocycles. The van der Waals surface area contributed by atoms with E-state index in [1.165, 1.54) is 0 Å². The Labute approximate surface area is 131 Å². The standard InChI is InChI=1S/C14H21ClN2O2.ClH/c1-2-18-14-4-3-12(15)7-11(14)9-17-5-6-19-13(8-16)10-17;/h3-4,7,13H,2,5-6,8-10,16H2,1H3;1H. The molecule has 20 heavy (non-hydrogen) atoms. The molecule has 0 bridgehead atoms. The lowest BCUT2D eigenvalue weighted by Gasteiger charge is -2.32. The van der Waals surface area contributed by atoms with Crippen LogP contribution in [0.25, 0.3) is 0 Å². The maximum absolute atomic E-state index is 6.07. The lowest BCUT2D eigenvalue weighted by atomic mass is 10.1. The van der Waals surface area contributed by atoms with Crippen LogP contribution in [0.4, 0.5) is 0 Å². The van der Waals surface area contributed by atoms with Crippen LogP contribution in [0.3, 0.4) is 0 Å². The van der Waals surface area contributed by atoms with Crippen molar-refractivity contribution in [1.82, 2.24) is 4.90 Å². The predicted octanol–water partition coefficient (Wildman–Crippen LogP) is 2.32. The van der Waals surface area contributed by atoms with Crippen molar-refractivity contribution in [2.75, 3.05) is 32.8 Å². The zero-order valence-electron chi connectivity index (χ0n) is 11.7. The van der Waals surface area contributed by atoms with Crippen LogP contribution >= 0.6 is 24.0 Å². The lowest BCUT2D eigenvalue weighted by Crippen LogP contribution is -2.45. The fraction of sp³-hybridized carbons (Fsp3) is 0.571. The van der Waals surface area contributed by atoms with E-state index in [-0.39, 0.29) is 18.5 Å². The number of hydrogen-bond donors (Lipinski definition) is 1. The fourth-order valence-corrected chi connectivity index (χ4v) is 2.47. The van der Waals surface area contributed by atoms with E-state index in [9.17, 15) is 0 Å². The third-order valence-electron chi connectivity index (χ3n) is 3.20. The average molecular weight is 321 g/mol. The van der Waals surface area contributed by atoms with Gasteiger partial charge in [-0.2, -0.15) is 0 Å². The van der Waals surface area contributed by atoms with E-state index in [0.717, 1.165) is 42.6 Å². The second kappa shape index (κ2) is 8.70. The monoisotopic (exact) mass is 320 g/mol. The Morgan fingerprint density at radius 1 is 1.50 bits per heavy atom. The third kappa shape index (κ3) is 4.79. The highest BCUT2D eigenvalue weighted by molar-refractivity contribution is 6.30. The van der Waals surface area contributed by atoms with Crippen LogP contribution in [-0.2, 0) is 11.3 Å². The molecule has 0 saturated carbocycles. The Morgan fingerprint density at radius 2 is 2.30 bits per heavy atom.